The summed E-state index contributed by atoms with van der Waals surface area (Å²) in [7, 11) is 0. The highest BCUT2D eigenvalue weighted by molar-refractivity contribution is 7.13. The van der Waals surface area contributed by atoms with Crippen molar-refractivity contribution in [3.05, 3.63) is 47.9 Å². The summed E-state index contributed by atoms with van der Waals surface area (Å²) in [6, 6.07) is 5.36. The zero-order valence-corrected chi connectivity index (χ0v) is 10.5. The number of H-pyrrole nitrogens is 1. The van der Waals surface area contributed by atoms with Crippen LogP contribution in [0.15, 0.2) is 42.2 Å². The molecule has 0 saturated heterocycles. The maximum Gasteiger partial charge on any atom is 0.352 e. The molecule has 0 aromatic carbocycles. The van der Waals surface area contributed by atoms with Crippen molar-refractivity contribution < 1.29 is 9.90 Å². The molecule has 2 N–H and O–H groups in total. The van der Waals surface area contributed by atoms with Crippen LogP contribution in [-0.2, 0) is 0 Å². The molecule has 19 heavy (non-hydrogen) atoms. The van der Waals surface area contributed by atoms with Gasteiger partial charge >= 0.3 is 5.97 Å². The van der Waals surface area contributed by atoms with Gasteiger partial charge in [0.05, 0.1) is 5.69 Å². The van der Waals surface area contributed by atoms with E-state index in [2.05, 4.69) is 15.0 Å². The number of aromatic carboxylic acids is 1. The lowest BCUT2D eigenvalue weighted by Crippen LogP contribution is -1.94. The molecule has 3 rings (SSSR count). The molecule has 0 amide bonds. The molecule has 0 radical (unpaired) electrons. The SMILES string of the molecule is O=C(O)c1cc(-c2csc(-c3ccncc3)n2)c[nH]1. The Bertz CT molecular complexity index is 718. The smallest absolute Gasteiger partial charge is 0.352 e. The van der Waals surface area contributed by atoms with Crippen LogP contribution in [0.2, 0.25) is 0 Å². The Labute approximate surface area is 112 Å². The number of nitrogens with one attached hydrogen (secondary N) is 1. The lowest BCUT2D eigenvalue weighted by Gasteiger charge is -1.93. The Morgan fingerprint density at radius 2 is 2.05 bits per heavy atom. The molecule has 3 aromatic rings. The van der Waals surface area contributed by atoms with Crippen molar-refractivity contribution in [1.29, 1.82) is 0 Å². The van der Waals surface area contributed by atoms with Crippen LogP contribution >= 0.6 is 11.3 Å². The van der Waals surface area contributed by atoms with E-state index in [1.165, 1.54) is 11.3 Å². The number of aromatic amines is 1. The Morgan fingerprint density at radius 3 is 2.74 bits per heavy atom. The maximum atomic E-state index is 10.8. The number of aromatic nitrogens is 3. The van der Waals surface area contributed by atoms with Gasteiger partial charge in [-0.2, -0.15) is 0 Å². The molecule has 0 saturated carbocycles. The van der Waals surface area contributed by atoms with Crippen LogP contribution in [-0.4, -0.2) is 26.0 Å². The van der Waals surface area contributed by atoms with Gasteiger partial charge in [0, 0.05) is 35.1 Å². The Kier molecular flexibility index (Phi) is 2.85. The van der Waals surface area contributed by atoms with Crippen molar-refractivity contribution in [3.63, 3.8) is 0 Å². The normalized spacial score (nSPS) is 10.5. The second kappa shape index (κ2) is 4.66. The van der Waals surface area contributed by atoms with E-state index in [0.29, 0.717) is 0 Å². The standard InChI is InChI=1S/C13H9N3O2S/c17-13(18)10-5-9(6-15-10)11-7-19-12(16-11)8-1-3-14-4-2-8/h1-7,15H,(H,17,18). The molecule has 0 aliphatic heterocycles. The molecule has 0 aliphatic rings. The van der Waals surface area contributed by atoms with Crippen LogP contribution in [0.3, 0.4) is 0 Å². The van der Waals surface area contributed by atoms with Crippen LogP contribution in [0.25, 0.3) is 21.8 Å². The summed E-state index contributed by atoms with van der Waals surface area (Å²) in [5.74, 6) is -0.976. The molecule has 3 aromatic heterocycles. The van der Waals surface area contributed by atoms with Gasteiger partial charge < -0.3 is 10.1 Å². The molecule has 0 spiro atoms. The van der Waals surface area contributed by atoms with Gasteiger partial charge in [-0.1, -0.05) is 0 Å². The second-order valence-corrected chi connectivity index (χ2v) is 4.74. The van der Waals surface area contributed by atoms with E-state index >= 15 is 0 Å². The number of pyridine rings is 1. The highest BCUT2D eigenvalue weighted by Gasteiger charge is 2.11. The molecular formula is C13H9N3O2S. The molecule has 94 valence electrons. The summed E-state index contributed by atoms with van der Waals surface area (Å²) in [4.78, 5) is 22.0. The van der Waals surface area contributed by atoms with Gasteiger partial charge in [0.15, 0.2) is 0 Å². The predicted molar refractivity (Wildman–Crippen MR) is 72.1 cm³/mol. The van der Waals surface area contributed by atoms with Crippen molar-refractivity contribution in [2.75, 3.05) is 0 Å². The Balaban J connectivity index is 1.94. The summed E-state index contributed by atoms with van der Waals surface area (Å²) >= 11 is 1.51. The number of thiazole rings is 1. The molecule has 5 nitrogen and oxygen atoms in total. The fourth-order valence-electron chi connectivity index (χ4n) is 1.70. The Hall–Kier alpha value is -2.47. The van der Waals surface area contributed by atoms with Crippen molar-refractivity contribution in [3.8, 4) is 21.8 Å². The minimum Gasteiger partial charge on any atom is -0.477 e. The number of hydrogen-bond acceptors (Lipinski definition) is 4. The van der Waals surface area contributed by atoms with Crippen LogP contribution in [0.1, 0.15) is 10.5 Å². The van der Waals surface area contributed by atoms with Gasteiger partial charge in [0.2, 0.25) is 0 Å². The van der Waals surface area contributed by atoms with Gasteiger partial charge in [0.1, 0.15) is 10.7 Å². The third-order valence-corrected chi connectivity index (χ3v) is 3.53. The number of nitrogens with zero attached hydrogens (tertiary/aromatic N) is 2. The number of carboxylic acid groups (broad SMARTS) is 1. The fourth-order valence-corrected chi connectivity index (χ4v) is 2.53. The molecule has 0 atom stereocenters. The van der Waals surface area contributed by atoms with Gasteiger partial charge in [-0.05, 0) is 18.2 Å². The first-order valence-corrected chi connectivity index (χ1v) is 6.40. The molecule has 0 fully saturated rings. The quantitative estimate of drug-likeness (QED) is 0.767. The van der Waals surface area contributed by atoms with E-state index in [0.717, 1.165) is 21.8 Å². The summed E-state index contributed by atoms with van der Waals surface area (Å²) in [6.07, 6.45) is 5.08. The number of carboxylic acids is 1. The van der Waals surface area contributed by atoms with Crippen LogP contribution in [0, 0.1) is 0 Å². The number of hydrogen-bond donors (Lipinski definition) is 2. The summed E-state index contributed by atoms with van der Waals surface area (Å²) in [5.41, 5.74) is 2.70. The minimum absolute atomic E-state index is 0.161. The maximum absolute atomic E-state index is 10.8. The lowest BCUT2D eigenvalue weighted by atomic mass is 10.2. The zero-order chi connectivity index (χ0) is 13.2. The van der Waals surface area contributed by atoms with E-state index in [4.69, 9.17) is 5.11 Å². The molecule has 3 heterocycles. The lowest BCUT2D eigenvalue weighted by molar-refractivity contribution is 0.0691. The van der Waals surface area contributed by atoms with Crippen molar-refractivity contribution >= 4 is 17.3 Å². The highest BCUT2D eigenvalue weighted by Crippen LogP contribution is 2.28. The number of carbonyl (C=O) groups is 1. The van der Waals surface area contributed by atoms with Crippen molar-refractivity contribution in [1.82, 2.24) is 15.0 Å². The van der Waals surface area contributed by atoms with E-state index < -0.39 is 5.97 Å². The average Bonchev–Trinajstić information content (AvgIpc) is 3.09. The van der Waals surface area contributed by atoms with E-state index in [1.54, 1.807) is 24.7 Å². The molecule has 6 heteroatoms. The summed E-state index contributed by atoms with van der Waals surface area (Å²) in [6.45, 7) is 0. The Morgan fingerprint density at radius 1 is 1.26 bits per heavy atom. The van der Waals surface area contributed by atoms with Gasteiger partial charge in [-0.25, -0.2) is 9.78 Å². The highest BCUT2D eigenvalue weighted by atomic mass is 32.1. The van der Waals surface area contributed by atoms with Gasteiger partial charge in [0.25, 0.3) is 0 Å². The van der Waals surface area contributed by atoms with Crippen molar-refractivity contribution in [2.24, 2.45) is 0 Å². The average molecular weight is 271 g/mol. The third kappa shape index (κ3) is 2.25. The summed E-state index contributed by atoms with van der Waals surface area (Å²) in [5, 5.41) is 11.7. The second-order valence-electron chi connectivity index (χ2n) is 3.88. The minimum atomic E-state index is -0.976. The van der Waals surface area contributed by atoms with E-state index in [1.807, 2.05) is 17.5 Å². The van der Waals surface area contributed by atoms with E-state index in [9.17, 15) is 4.79 Å². The van der Waals surface area contributed by atoms with Gasteiger partial charge in [-0.15, -0.1) is 11.3 Å². The van der Waals surface area contributed by atoms with Crippen LogP contribution < -0.4 is 0 Å². The first-order chi connectivity index (χ1) is 9.24. The van der Waals surface area contributed by atoms with E-state index in [-0.39, 0.29) is 5.69 Å². The van der Waals surface area contributed by atoms with Crippen LogP contribution in [0.4, 0.5) is 0 Å². The first kappa shape index (κ1) is 11.6. The monoisotopic (exact) mass is 271 g/mol. The summed E-state index contributed by atoms with van der Waals surface area (Å²) < 4.78 is 0. The van der Waals surface area contributed by atoms with Crippen LogP contribution in [0.5, 0.6) is 0 Å². The third-order valence-electron chi connectivity index (χ3n) is 2.64. The predicted octanol–water partition coefficient (Wildman–Crippen LogP) is 2.90. The fraction of sp³-hybridized carbons (Fsp3) is 0. The topological polar surface area (TPSA) is 78.9 Å². The molecule has 0 bridgehead atoms. The molecular weight excluding hydrogens is 262 g/mol. The first-order valence-electron chi connectivity index (χ1n) is 5.52. The number of rotatable bonds is 3. The van der Waals surface area contributed by atoms with Crippen molar-refractivity contribution in [2.45, 2.75) is 0 Å². The largest absolute Gasteiger partial charge is 0.477 e. The molecule has 0 aliphatic carbocycles. The molecule has 0 unspecified atom stereocenters. The zero-order valence-electron chi connectivity index (χ0n) is 9.70. The van der Waals surface area contributed by atoms with Gasteiger partial charge in [-0.3, -0.25) is 4.98 Å².